The zero-order valence-electron chi connectivity index (χ0n) is 23.6. The van der Waals surface area contributed by atoms with Crippen molar-refractivity contribution in [1.29, 1.82) is 0 Å². The lowest BCUT2D eigenvalue weighted by Gasteiger charge is -2.34. The number of benzene rings is 1. The van der Waals surface area contributed by atoms with E-state index in [1.54, 1.807) is 19.1 Å². The maximum absolute atomic E-state index is 13.8. The average molecular weight is 608 g/mol. The number of fused-ring (bicyclic) bond motifs is 1. The predicted octanol–water partition coefficient (Wildman–Crippen LogP) is 3.24. The van der Waals surface area contributed by atoms with Gasteiger partial charge in [-0.25, -0.2) is 9.18 Å². The molecule has 0 aliphatic heterocycles. The fourth-order valence-electron chi connectivity index (χ4n) is 6.96. The van der Waals surface area contributed by atoms with Crippen molar-refractivity contribution in [2.24, 2.45) is 41.2 Å². The second-order valence-corrected chi connectivity index (χ2v) is 13.0. The quantitative estimate of drug-likeness (QED) is 0.217. The molecule has 0 heterocycles. The Kier molecular flexibility index (Phi) is 9.44. The van der Waals surface area contributed by atoms with Crippen LogP contribution < -0.4 is 5.73 Å². The number of hydrogen-bond acceptors (Lipinski definition) is 11. The molecule has 0 amide bonds. The van der Waals surface area contributed by atoms with Crippen LogP contribution in [0.15, 0.2) is 23.1 Å². The van der Waals surface area contributed by atoms with Gasteiger partial charge in [0.05, 0.1) is 23.9 Å². The molecule has 3 N–H and O–H groups in total. The molecule has 0 saturated heterocycles. The maximum Gasteiger partial charge on any atom is 0.329 e. The van der Waals surface area contributed by atoms with Crippen LogP contribution in [0.2, 0.25) is 0 Å². The summed E-state index contributed by atoms with van der Waals surface area (Å²) in [6, 6.07) is 4.60. The van der Waals surface area contributed by atoms with Crippen LogP contribution in [-0.4, -0.2) is 60.0 Å². The van der Waals surface area contributed by atoms with Crippen molar-refractivity contribution in [3.8, 4) is 0 Å². The van der Waals surface area contributed by atoms with Crippen molar-refractivity contribution in [2.45, 2.75) is 74.8 Å². The number of esters is 4. The molecule has 1 unspecified atom stereocenters. The van der Waals surface area contributed by atoms with E-state index >= 15 is 0 Å². The van der Waals surface area contributed by atoms with Gasteiger partial charge >= 0.3 is 23.9 Å². The van der Waals surface area contributed by atoms with E-state index in [9.17, 15) is 28.7 Å². The number of aliphatic hydroxyl groups is 1. The average Bonchev–Trinajstić information content (AvgIpc) is 3.33. The number of thioether (sulfide) groups is 1. The maximum atomic E-state index is 13.8. The molecule has 0 aromatic heterocycles. The van der Waals surface area contributed by atoms with Crippen LogP contribution in [0, 0.1) is 48.2 Å². The molecule has 0 radical (unpaired) electrons. The first-order chi connectivity index (χ1) is 20.1. The van der Waals surface area contributed by atoms with Crippen molar-refractivity contribution in [3.05, 3.63) is 29.6 Å². The Bertz CT molecular complexity index is 1200. The first-order valence-electron chi connectivity index (χ1n) is 14.7. The van der Waals surface area contributed by atoms with Crippen LogP contribution in [-0.2, 0) is 38.1 Å². The van der Waals surface area contributed by atoms with Crippen LogP contribution in [0.5, 0.6) is 0 Å². The third-order valence-corrected chi connectivity index (χ3v) is 10.5. The van der Waals surface area contributed by atoms with E-state index in [0.717, 1.165) is 56.3 Å². The highest BCUT2D eigenvalue weighted by Gasteiger charge is 2.78. The Hall–Kier alpha value is -2.70. The number of carbonyl (C=O) groups excluding carboxylic acids is 4. The van der Waals surface area contributed by atoms with Crippen LogP contribution >= 0.6 is 11.8 Å². The first-order valence-corrected chi connectivity index (χ1v) is 15.6. The summed E-state index contributed by atoms with van der Waals surface area (Å²) in [5.74, 6) is -6.19. The molecule has 1 aromatic carbocycles. The Morgan fingerprint density at radius 3 is 2.05 bits per heavy atom. The van der Waals surface area contributed by atoms with Crippen molar-refractivity contribution in [2.75, 3.05) is 19.3 Å². The largest absolute Gasteiger partial charge is 0.428 e. The molecular formula is C30H38FNO9S. The van der Waals surface area contributed by atoms with Gasteiger partial charge in [-0.2, -0.15) is 0 Å². The number of halogens is 1. The monoisotopic (exact) mass is 607 g/mol. The van der Waals surface area contributed by atoms with Gasteiger partial charge in [-0.1, -0.05) is 25.7 Å². The highest BCUT2D eigenvalue weighted by atomic mass is 32.2. The zero-order valence-corrected chi connectivity index (χ0v) is 24.4. The molecule has 12 heteroatoms. The highest BCUT2D eigenvalue weighted by molar-refractivity contribution is 7.99. The summed E-state index contributed by atoms with van der Waals surface area (Å²) in [5.41, 5.74) is 5.40. The van der Waals surface area contributed by atoms with Crippen LogP contribution in [0.4, 0.5) is 4.39 Å². The molecule has 4 aliphatic rings. The summed E-state index contributed by atoms with van der Waals surface area (Å²) in [7, 11) is 0. The Morgan fingerprint density at radius 1 is 0.929 bits per heavy atom. The number of ether oxygens (including phenoxy) is 4. The van der Waals surface area contributed by atoms with Gasteiger partial charge in [0.2, 0.25) is 13.6 Å². The highest BCUT2D eigenvalue weighted by Crippen LogP contribution is 2.64. The molecule has 4 saturated carbocycles. The summed E-state index contributed by atoms with van der Waals surface area (Å²) in [5, 5.41) is 11.3. The Morgan fingerprint density at radius 2 is 1.48 bits per heavy atom. The van der Waals surface area contributed by atoms with E-state index in [0.29, 0.717) is 5.56 Å². The minimum atomic E-state index is -1.78. The second-order valence-electron chi connectivity index (χ2n) is 11.9. The van der Waals surface area contributed by atoms with Gasteiger partial charge in [0.25, 0.3) is 0 Å². The second kappa shape index (κ2) is 12.9. The number of rotatable bonds is 11. The number of carbonyl (C=O) groups is 4. The van der Waals surface area contributed by atoms with Gasteiger partial charge in [-0.3, -0.25) is 14.4 Å². The Balaban J connectivity index is 1.23. The molecule has 1 aromatic rings. The van der Waals surface area contributed by atoms with E-state index in [4.69, 9.17) is 24.7 Å². The van der Waals surface area contributed by atoms with Crippen molar-refractivity contribution in [3.63, 3.8) is 0 Å². The summed E-state index contributed by atoms with van der Waals surface area (Å²) in [6.07, 6.45) is 5.60. The van der Waals surface area contributed by atoms with E-state index in [-0.39, 0.29) is 23.4 Å². The normalized spacial score (nSPS) is 30.5. The minimum Gasteiger partial charge on any atom is -0.428 e. The first kappa shape index (κ1) is 30.7. The fourth-order valence-corrected chi connectivity index (χ4v) is 8.23. The Labute approximate surface area is 248 Å². The van der Waals surface area contributed by atoms with Gasteiger partial charge in [0.1, 0.15) is 11.4 Å². The van der Waals surface area contributed by atoms with Gasteiger partial charge in [-0.15, -0.1) is 11.8 Å². The smallest absolute Gasteiger partial charge is 0.329 e. The minimum absolute atomic E-state index is 0.188. The third-order valence-electron chi connectivity index (χ3n) is 9.40. The van der Waals surface area contributed by atoms with E-state index < -0.39 is 72.8 Å². The van der Waals surface area contributed by atoms with Crippen molar-refractivity contribution in [1.82, 2.24) is 0 Å². The molecule has 42 heavy (non-hydrogen) atoms. The van der Waals surface area contributed by atoms with Crippen molar-refractivity contribution < 1.29 is 47.6 Å². The third kappa shape index (κ3) is 6.16. The summed E-state index contributed by atoms with van der Waals surface area (Å²) >= 11 is 1.30. The van der Waals surface area contributed by atoms with E-state index in [1.807, 2.05) is 0 Å². The summed E-state index contributed by atoms with van der Waals surface area (Å²) in [4.78, 5) is 51.6. The lowest BCUT2D eigenvalue weighted by atomic mass is 9.81. The topological polar surface area (TPSA) is 151 Å². The molecule has 0 spiro atoms. The molecule has 4 aliphatic carbocycles. The van der Waals surface area contributed by atoms with Crippen LogP contribution in [0.25, 0.3) is 0 Å². The standard InChI is InChI=1S/C30H38FNO9S/c1-16-12-19(10-11-21(16)31)42-13-20-25(33)22-23(28(36)40-14-38-26(34)17-6-2-3-7-17)24(22)30(20,32)29(37)41-15-39-27(35)18-8-4-5-9-18/h10-12,17-18,20,22-25,33H,2-9,13-15,32H2,1H3/t20-,22+,23+,24?,25-,30+/m1/s1. The molecule has 230 valence electrons. The van der Waals surface area contributed by atoms with Crippen LogP contribution in [0.1, 0.15) is 56.9 Å². The van der Waals surface area contributed by atoms with Gasteiger partial charge in [0, 0.05) is 28.4 Å². The number of aliphatic hydroxyl groups excluding tert-OH is 1. The molecule has 5 rings (SSSR count). The molecule has 6 atom stereocenters. The van der Waals surface area contributed by atoms with Gasteiger partial charge in [0.15, 0.2) is 0 Å². The number of nitrogens with two attached hydrogens (primary N) is 1. The molecule has 10 nitrogen and oxygen atoms in total. The van der Waals surface area contributed by atoms with Crippen LogP contribution in [0.3, 0.4) is 0 Å². The van der Waals surface area contributed by atoms with Crippen molar-refractivity contribution >= 4 is 35.6 Å². The van der Waals surface area contributed by atoms with E-state index in [2.05, 4.69) is 0 Å². The number of aryl methyl sites for hydroxylation is 1. The SMILES string of the molecule is Cc1cc(SC[C@@H]2[C@@H](O)[C@@H]3C([C@H]3C(=O)OCOC(=O)C3CCCC3)[C@]2(N)C(=O)OCOC(=O)C2CCCC2)ccc1F. The summed E-state index contributed by atoms with van der Waals surface area (Å²) < 4.78 is 34.6. The summed E-state index contributed by atoms with van der Waals surface area (Å²) in [6.45, 7) is 0.462. The molecule has 0 bridgehead atoms. The molecule has 4 fully saturated rings. The zero-order chi connectivity index (χ0) is 30.0. The lowest BCUT2D eigenvalue weighted by Crippen LogP contribution is -2.59. The molecular weight excluding hydrogens is 569 g/mol. The lowest BCUT2D eigenvalue weighted by molar-refractivity contribution is -0.176. The predicted molar refractivity (Wildman–Crippen MR) is 147 cm³/mol. The number of hydrogen-bond donors (Lipinski definition) is 2. The van der Waals surface area contributed by atoms with Gasteiger partial charge in [-0.05, 0) is 56.4 Å². The van der Waals surface area contributed by atoms with Gasteiger partial charge < -0.3 is 29.8 Å². The van der Waals surface area contributed by atoms with E-state index in [1.165, 1.54) is 17.8 Å². The fraction of sp³-hybridized carbons (Fsp3) is 0.667.